The molecule has 0 radical (unpaired) electrons. The number of para-hydroxylation sites is 3. The predicted molar refractivity (Wildman–Crippen MR) is 293 cm³/mol. The van der Waals surface area contributed by atoms with Gasteiger partial charge in [-0.05, 0) is 130 Å². The molecule has 15 rings (SSSR count). The van der Waals surface area contributed by atoms with E-state index in [1.807, 2.05) is 29.5 Å². The first-order chi connectivity index (χ1) is 34.7. The molecule has 0 atom stereocenters. The van der Waals surface area contributed by atoms with Crippen LogP contribution < -0.4 is 0 Å². The van der Waals surface area contributed by atoms with Crippen LogP contribution in [-0.4, -0.2) is 9.55 Å². The van der Waals surface area contributed by atoms with Gasteiger partial charge in [-0.1, -0.05) is 133 Å². The number of pyridine rings is 1. The molecule has 0 fully saturated rings. The molecule has 70 heavy (non-hydrogen) atoms. The molecule has 0 aliphatic rings. The summed E-state index contributed by atoms with van der Waals surface area (Å²) >= 11 is 1.86. The number of hydrogen-bond donors (Lipinski definition) is 0. The fourth-order valence-corrected chi connectivity index (χ4v) is 12.1. The maximum absolute atomic E-state index is 6.64. The van der Waals surface area contributed by atoms with Gasteiger partial charge in [0.15, 0.2) is 0 Å². The van der Waals surface area contributed by atoms with Crippen molar-refractivity contribution in [3.05, 3.63) is 231 Å². The van der Waals surface area contributed by atoms with Crippen molar-refractivity contribution < 1.29 is 8.83 Å². The Hall–Kier alpha value is -9.03. The lowest BCUT2D eigenvalue weighted by atomic mass is 9.95. The minimum Gasteiger partial charge on any atom is -0.456 e. The maximum Gasteiger partial charge on any atom is 0.136 e. The average Bonchev–Trinajstić information content (AvgIpc) is 4.19. The quantitative estimate of drug-likeness (QED) is 0.167. The number of nitrogens with zero attached hydrogens (tertiary/aromatic N) is 2. The Kier molecular flexibility index (Phi) is 8.49. The van der Waals surface area contributed by atoms with Gasteiger partial charge >= 0.3 is 0 Å². The van der Waals surface area contributed by atoms with Crippen LogP contribution in [0.5, 0.6) is 0 Å². The van der Waals surface area contributed by atoms with Crippen molar-refractivity contribution in [2.45, 2.75) is 0 Å². The van der Waals surface area contributed by atoms with E-state index in [9.17, 15) is 0 Å². The molecule has 0 aliphatic carbocycles. The maximum atomic E-state index is 6.64. The zero-order valence-electron chi connectivity index (χ0n) is 37.6. The molecule has 5 aromatic heterocycles. The third-order valence-corrected chi connectivity index (χ3v) is 15.3. The second kappa shape index (κ2) is 15.2. The number of aromatic nitrogens is 2. The molecule has 5 heteroatoms. The Morgan fingerprint density at radius 1 is 0.314 bits per heavy atom. The van der Waals surface area contributed by atoms with Gasteiger partial charge < -0.3 is 13.4 Å². The fraction of sp³-hybridized carbons (Fsp3) is 0. The van der Waals surface area contributed by atoms with Gasteiger partial charge in [0.1, 0.15) is 22.3 Å². The molecule has 0 saturated heterocycles. The third-order valence-electron chi connectivity index (χ3n) is 14.2. The van der Waals surface area contributed by atoms with Gasteiger partial charge in [-0.15, -0.1) is 11.3 Å². The Labute approximate surface area is 405 Å². The van der Waals surface area contributed by atoms with Gasteiger partial charge in [-0.3, -0.25) is 0 Å². The van der Waals surface area contributed by atoms with E-state index < -0.39 is 0 Å². The van der Waals surface area contributed by atoms with E-state index in [1.54, 1.807) is 0 Å². The summed E-state index contributed by atoms with van der Waals surface area (Å²) < 4.78 is 17.9. The molecule has 0 amide bonds. The van der Waals surface area contributed by atoms with Gasteiger partial charge in [0.2, 0.25) is 0 Å². The number of rotatable bonds is 6. The van der Waals surface area contributed by atoms with Crippen LogP contribution >= 0.6 is 11.3 Å². The van der Waals surface area contributed by atoms with Crippen LogP contribution in [0.15, 0.2) is 239 Å². The minimum absolute atomic E-state index is 0.828. The van der Waals surface area contributed by atoms with Crippen LogP contribution in [0.1, 0.15) is 0 Å². The van der Waals surface area contributed by atoms with Crippen molar-refractivity contribution in [1.29, 1.82) is 0 Å². The van der Waals surface area contributed by atoms with Gasteiger partial charge in [0.25, 0.3) is 0 Å². The van der Waals surface area contributed by atoms with Crippen molar-refractivity contribution in [2.75, 3.05) is 0 Å². The normalized spacial score (nSPS) is 12.0. The summed E-state index contributed by atoms with van der Waals surface area (Å²) in [5.41, 5.74) is 17.7. The molecule has 10 aromatic carbocycles. The predicted octanol–water partition coefficient (Wildman–Crippen LogP) is 18.7. The van der Waals surface area contributed by atoms with Crippen LogP contribution in [0.3, 0.4) is 0 Å². The fourth-order valence-electron chi connectivity index (χ4n) is 11.0. The standard InChI is InChI=1S/C65H38N2O2S/c1-3-13-39(14-4-1)54-36-44(42-25-29-49-48-18-8-10-22-58(48)69-61(49)38-42)37-55(66-54)50-20-11-23-60-64(50)52-33-40(27-31-59(52)68-60)41-28-32-62-53(34-41)65-46(19-12-24-63(65)70-62)43-26-30-57-51(35-43)47-17-7-9-21-56(47)67(57)45-15-5-2-6-16-45/h1-38H. The van der Waals surface area contributed by atoms with Gasteiger partial charge in [0.05, 0.1) is 22.4 Å². The topological polar surface area (TPSA) is 44.1 Å². The highest BCUT2D eigenvalue weighted by Gasteiger charge is 2.20. The molecule has 0 saturated carbocycles. The van der Waals surface area contributed by atoms with Crippen LogP contribution in [0, 0.1) is 0 Å². The zero-order valence-corrected chi connectivity index (χ0v) is 38.4. The summed E-state index contributed by atoms with van der Waals surface area (Å²) in [5.74, 6) is 0. The average molecular weight is 911 g/mol. The lowest BCUT2D eigenvalue weighted by molar-refractivity contribution is 0.668. The SMILES string of the molecule is c1ccc(-c2cc(-c3ccc4c(c3)oc3ccccc34)cc(-c3cccc4oc5ccc(-c6ccc7sc8cccc(-c9ccc%10c(c9)c9ccccc9n%10-c9ccccc9)c8c7c6)cc5c34)n2)cc1. The van der Waals surface area contributed by atoms with Crippen LogP contribution in [-0.2, 0) is 0 Å². The monoisotopic (exact) mass is 910 g/mol. The molecule has 0 unspecified atom stereocenters. The number of benzene rings is 10. The summed E-state index contributed by atoms with van der Waals surface area (Å²) in [4.78, 5) is 5.39. The van der Waals surface area contributed by atoms with E-state index in [4.69, 9.17) is 13.8 Å². The zero-order chi connectivity index (χ0) is 45.9. The third kappa shape index (κ3) is 6.05. The molecular formula is C65H38N2O2S. The first kappa shape index (κ1) is 39.0. The summed E-state index contributed by atoms with van der Waals surface area (Å²) in [6.07, 6.45) is 0. The highest BCUT2D eigenvalue weighted by atomic mass is 32.1. The van der Waals surface area contributed by atoms with Crippen LogP contribution in [0.2, 0.25) is 0 Å². The Morgan fingerprint density at radius 2 is 0.943 bits per heavy atom. The Bertz CT molecular complexity index is 4590. The lowest BCUT2D eigenvalue weighted by Gasteiger charge is -2.11. The first-order valence-corrected chi connectivity index (χ1v) is 24.5. The molecule has 326 valence electrons. The Morgan fingerprint density at radius 3 is 1.84 bits per heavy atom. The molecule has 4 nitrogen and oxygen atoms in total. The van der Waals surface area contributed by atoms with Gasteiger partial charge in [-0.25, -0.2) is 4.98 Å². The van der Waals surface area contributed by atoms with Crippen LogP contribution in [0.4, 0.5) is 0 Å². The highest BCUT2D eigenvalue weighted by Crippen LogP contribution is 2.45. The van der Waals surface area contributed by atoms with E-state index in [1.165, 1.54) is 53.1 Å². The molecule has 5 heterocycles. The van der Waals surface area contributed by atoms with Gasteiger partial charge in [0, 0.05) is 69.3 Å². The largest absolute Gasteiger partial charge is 0.456 e. The van der Waals surface area contributed by atoms with E-state index in [2.05, 4.69) is 217 Å². The van der Waals surface area contributed by atoms with Crippen molar-refractivity contribution >= 4 is 97.2 Å². The molecule has 0 N–H and O–H groups in total. The van der Waals surface area contributed by atoms with Crippen molar-refractivity contribution in [1.82, 2.24) is 9.55 Å². The van der Waals surface area contributed by atoms with Crippen molar-refractivity contribution in [3.8, 4) is 61.6 Å². The number of thiophene rings is 1. The summed E-state index contributed by atoms with van der Waals surface area (Å²) in [7, 11) is 0. The highest BCUT2D eigenvalue weighted by molar-refractivity contribution is 7.26. The first-order valence-electron chi connectivity index (χ1n) is 23.7. The Balaban J connectivity index is 0.870. The second-order valence-electron chi connectivity index (χ2n) is 18.2. The minimum atomic E-state index is 0.828. The lowest BCUT2D eigenvalue weighted by Crippen LogP contribution is -1.92. The van der Waals surface area contributed by atoms with Crippen molar-refractivity contribution in [3.63, 3.8) is 0 Å². The van der Waals surface area contributed by atoms with E-state index in [0.717, 1.165) is 94.3 Å². The summed E-state index contributed by atoms with van der Waals surface area (Å²) in [6, 6.07) is 82.6. The number of hydrogen-bond acceptors (Lipinski definition) is 4. The molecule has 0 bridgehead atoms. The number of fused-ring (bicyclic) bond motifs is 12. The summed E-state index contributed by atoms with van der Waals surface area (Å²) in [5, 5.41) is 9.36. The molecule has 0 spiro atoms. The van der Waals surface area contributed by atoms with Crippen LogP contribution in [0.25, 0.3) is 147 Å². The summed E-state index contributed by atoms with van der Waals surface area (Å²) in [6.45, 7) is 0. The van der Waals surface area contributed by atoms with E-state index in [-0.39, 0.29) is 0 Å². The van der Waals surface area contributed by atoms with Crippen molar-refractivity contribution in [2.24, 2.45) is 0 Å². The van der Waals surface area contributed by atoms with E-state index >= 15 is 0 Å². The molecule has 0 aliphatic heterocycles. The van der Waals surface area contributed by atoms with Gasteiger partial charge in [-0.2, -0.15) is 0 Å². The molecule has 15 aromatic rings. The number of furan rings is 2. The van der Waals surface area contributed by atoms with E-state index in [0.29, 0.717) is 0 Å². The second-order valence-corrected chi connectivity index (χ2v) is 19.3. The molecular weight excluding hydrogens is 873 g/mol. The smallest absolute Gasteiger partial charge is 0.136 e.